The fourth-order valence-corrected chi connectivity index (χ4v) is 5.56. The molecule has 0 bridgehead atoms. The molecule has 2 aliphatic rings. The number of hydrogen-bond donors (Lipinski definition) is 2. The van der Waals surface area contributed by atoms with Crippen LogP contribution in [0.1, 0.15) is 0 Å². The number of hydrogen-bond acceptors (Lipinski definition) is 4. The molecule has 4 heteroatoms. The van der Waals surface area contributed by atoms with Crippen LogP contribution in [0.4, 0.5) is 0 Å². The summed E-state index contributed by atoms with van der Waals surface area (Å²) >= 11 is 3.76. The Morgan fingerprint density at radius 2 is 1.59 bits per heavy atom. The lowest BCUT2D eigenvalue weighted by Gasteiger charge is -2.31. The third-order valence-corrected chi connectivity index (χ3v) is 6.83. The molecular weight excluding hydrogens is 312 g/mol. The van der Waals surface area contributed by atoms with Crippen LogP contribution in [0.25, 0.3) is 11.1 Å². The van der Waals surface area contributed by atoms with Crippen LogP contribution in [-0.2, 0) is 0 Å². The van der Waals surface area contributed by atoms with Gasteiger partial charge in [0.15, 0.2) is 11.5 Å². The van der Waals surface area contributed by atoms with E-state index >= 15 is 0 Å². The highest BCUT2D eigenvalue weighted by Crippen LogP contribution is 2.50. The van der Waals surface area contributed by atoms with E-state index in [0.29, 0.717) is 10.5 Å². The van der Waals surface area contributed by atoms with Crippen LogP contribution in [0.5, 0.6) is 11.5 Å². The minimum atomic E-state index is -0.0870. The van der Waals surface area contributed by atoms with Crippen LogP contribution >= 0.6 is 23.5 Å². The summed E-state index contributed by atoms with van der Waals surface area (Å²) in [6, 6.07) is 11.3. The molecule has 0 fully saturated rings. The van der Waals surface area contributed by atoms with Crippen LogP contribution in [0.2, 0.25) is 0 Å². The molecule has 0 saturated carbocycles. The predicted molar refractivity (Wildman–Crippen MR) is 92.8 cm³/mol. The second-order valence-electron chi connectivity index (χ2n) is 5.27. The first-order valence-electron chi connectivity index (χ1n) is 7.06. The standard InChI is InChI=1S/C18H14O2S2/c19-13-9-8-11(10-14(13)20)12-4-3-7-17-18(12)22-16-6-2-1-5-15(16)21-17/h1-10,15-16,19-20H. The molecular formula is C18H14O2S2. The van der Waals surface area contributed by atoms with Gasteiger partial charge in [0.1, 0.15) is 0 Å². The average molecular weight is 326 g/mol. The van der Waals surface area contributed by atoms with Crippen molar-refractivity contribution >= 4 is 23.5 Å². The van der Waals surface area contributed by atoms with Gasteiger partial charge in [0.05, 0.1) is 0 Å². The van der Waals surface area contributed by atoms with E-state index in [1.165, 1.54) is 15.9 Å². The van der Waals surface area contributed by atoms with Crippen molar-refractivity contribution in [1.82, 2.24) is 0 Å². The minimum Gasteiger partial charge on any atom is -0.504 e. The first-order chi connectivity index (χ1) is 10.7. The summed E-state index contributed by atoms with van der Waals surface area (Å²) in [5, 5.41) is 20.2. The van der Waals surface area contributed by atoms with Crippen LogP contribution in [-0.4, -0.2) is 20.7 Å². The largest absolute Gasteiger partial charge is 0.504 e. The van der Waals surface area contributed by atoms with E-state index in [9.17, 15) is 10.2 Å². The van der Waals surface area contributed by atoms with Crippen molar-refractivity contribution in [3.8, 4) is 22.6 Å². The van der Waals surface area contributed by atoms with Gasteiger partial charge in [-0.15, -0.1) is 23.5 Å². The lowest BCUT2D eigenvalue weighted by atomic mass is 10.1. The molecule has 4 rings (SSSR count). The summed E-state index contributed by atoms with van der Waals surface area (Å²) in [6.45, 7) is 0. The summed E-state index contributed by atoms with van der Waals surface area (Å²) in [4.78, 5) is 2.52. The van der Waals surface area contributed by atoms with E-state index in [1.807, 2.05) is 35.7 Å². The first kappa shape index (κ1) is 13.9. The Hall–Kier alpha value is -1.78. The van der Waals surface area contributed by atoms with Gasteiger partial charge in [-0.2, -0.15) is 0 Å². The zero-order valence-electron chi connectivity index (χ0n) is 11.6. The molecule has 0 amide bonds. The summed E-state index contributed by atoms with van der Waals surface area (Å²) in [5.74, 6) is -0.169. The van der Waals surface area contributed by atoms with E-state index in [0.717, 1.165) is 11.1 Å². The Kier molecular flexibility index (Phi) is 3.43. The van der Waals surface area contributed by atoms with Gasteiger partial charge in [0.25, 0.3) is 0 Å². The minimum absolute atomic E-state index is 0.0815. The van der Waals surface area contributed by atoms with Crippen molar-refractivity contribution in [3.63, 3.8) is 0 Å². The van der Waals surface area contributed by atoms with Gasteiger partial charge in [-0.3, -0.25) is 0 Å². The molecule has 2 N–H and O–H groups in total. The van der Waals surface area contributed by atoms with Crippen LogP contribution in [0.15, 0.2) is 70.5 Å². The predicted octanol–water partition coefficient (Wildman–Crippen LogP) is 4.83. The Morgan fingerprint density at radius 1 is 0.818 bits per heavy atom. The topological polar surface area (TPSA) is 40.5 Å². The van der Waals surface area contributed by atoms with Gasteiger partial charge in [0.2, 0.25) is 0 Å². The highest BCUT2D eigenvalue weighted by Gasteiger charge is 2.29. The van der Waals surface area contributed by atoms with Crippen molar-refractivity contribution in [2.75, 3.05) is 0 Å². The molecule has 2 unspecified atom stereocenters. The Labute approximate surface area is 137 Å². The number of allylic oxidation sites excluding steroid dienone is 2. The number of phenolic OH excluding ortho intramolecular Hbond substituents is 2. The van der Waals surface area contributed by atoms with Crippen molar-refractivity contribution in [2.24, 2.45) is 0 Å². The maximum absolute atomic E-state index is 9.77. The van der Waals surface area contributed by atoms with E-state index in [-0.39, 0.29) is 11.5 Å². The summed E-state index contributed by atoms with van der Waals surface area (Å²) in [6.07, 6.45) is 8.72. The van der Waals surface area contributed by atoms with Crippen molar-refractivity contribution in [1.29, 1.82) is 0 Å². The molecule has 0 radical (unpaired) electrons. The lowest BCUT2D eigenvalue weighted by molar-refractivity contribution is 0.404. The normalized spacial score (nSPS) is 22.2. The maximum Gasteiger partial charge on any atom is 0.158 e. The van der Waals surface area contributed by atoms with Crippen molar-refractivity contribution in [3.05, 3.63) is 60.7 Å². The number of aromatic hydroxyl groups is 2. The maximum atomic E-state index is 9.77. The molecule has 2 aromatic carbocycles. The molecule has 0 saturated heterocycles. The highest BCUT2D eigenvalue weighted by molar-refractivity contribution is 8.06. The second kappa shape index (κ2) is 5.45. The molecule has 110 valence electrons. The van der Waals surface area contributed by atoms with Crippen LogP contribution in [0, 0.1) is 0 Å². The summed E-state index contributed by atoms with van der Waals surface area (Å²) in [5.41, 5.74) is 2.03. The molecule has 0 aromatic heterocycles. The number of fused-ring (bicyclic) bond motifs is 2. The molecule has 1 aliphatic carbocycles. The van der Waals surface area contributed by atoms with Gasteiger partial charge < -0.3 is 10.2 Å². The van der Waals surface area contributed by atoms with Gasteiger partial charge in [-0.1, -0.05) is 42.5 Å². The lowest BCUT2D eigenvalue weighted by Crippen LogP contribution is -2.20. The van der Waals surface area contributed by atoms with Crippen molar-refractivity contribution in [2.45, 2.75) is 20.3 Å². The molecule has 22 heavy (non-hydrogen) atoms. The molecule has 2 nitrogen and oxygen atoms in total. The third-order valence-electron chi connectivity index (χ3n) is 3.82. The number of rotatable bonds is 1. The summed E-state index contributed by atoms with van der Waals surface area (Å²) in [7, 11) is 0. The molecule has 1 heterocycles. The Balaban J connectivity index is 1.81. The monoisotopic (exact) mass is 326 g/mol. The quantitative estimate of drug-likeness (QED) is 0.737. The van der Waals surface area contributed by atoms with Crippen LogP contribution in [0.3, 0.4) is 0 Å². The van der Waals surface area contributed by atoms with Gasteiger partial charge in [-0.05, 0) is 29.3 Å². The summed E-state index contributed by atoms with van der Waals surface area (Å²) < 4.78 is 0. The van der Waals surface area contributed by atoms with E-state index < -0.39 is 0 Å². The first-order valence-corrected chi connectivity index (χ1v) is 8.82. The Bertz CT molecular complexity index is 796. The van der Waals surface area contributed by atoms with Crippen LogP contribution < -0.4 is 0 Å². The number of phenols is 2. The smallest absolute Gasteiger partial charge is 0.158 e. The molecule has 2 aromatic rings. The second-order valence-corrected chi connectivity index (χ2v) is 7.68. The van der Waals surface area contributed by atoms with E-state index in [4.69, 9.17) is 0 Å². The van der Waals surface area contributed by atoms with Gasteiger partial charge in [-0.25, -0.2) is 0 Å². The average Bonchev–Trinajstić information content (AvgIpc) is 2.55. The Morgan fingerprint density at radius 3 is 2.36 bits per heavy atom. The van der Waals surface area contributed by atoms with E-state index in [2.05, 4.69) is 36.4 Å². The van der Waals surface area contributed by atoms with Gasteiger partial charge >= 0.3 is 0 Å². The highest BCUT2D eigenvalue weighted by atomic mass is 32.2. The zero-order valence-corrected chi connectivity index (χ0v) is 13.3. The van der Waals surface area contributed by atoms with Gasteiger partial charge in [0, 0.05) is 20.3 Å². The third kappa shape index (κ3) is 2.32. The molecule has 2 atom stereocenters. The fourth-order valence-electron chi connectivity index (χ4n) is 2.71. The van der Waals surface area contributed by atoms with E-state index in [1.54, 1.807) is 6.07 Å². The molecule has 1 aliphatic heterocycles. The zero-order chi connectivity index (χ0) is 15.1. The SMILES string of the molecule is Oc1ccc(-c2cccc3c2SC2C=CC=CC2S3)cc1O. The number of benzene rings is 2. The molecule has 0 spiro atoms. The number of thioether (sulfide) groups is 2. The fraction of sp³-hybridized carbons (Fsp3) is 0.111. The van der Waals surface area contributed by atoms with Crippen molar-refractivity contribution < 1.29 is 10.2 Å².